The Morgan fingerprint density at radius 1 is 0.554 bits per heavy atom. The molecule has 5 N–H and O–H groups in total. The Kier molecular flexibility index (Phi) is 16.5. The summed E-state index contributed by atoms with van der Waals surface area (Å²) in [6, 6.07) is 11.0. The van der Waals surface area contributed by atoms with Crippen molar-refractivity contribution in [2.45, 2.75) is 153 Å². The number of nitrogens with zero attached hydrogens (tertiary/aromatic N) is 12. The number of fused-ring (bicyclic) bond motifs is 6. The van der Waals surface area contributed by atoms with E-state index in [1.165, 1.54) is 19.0 Å². The van der Waals surface area contributed by atoms with Gasteiger partial charge in [-0.15, -0.1) is 0 Å². The molecule has 6 amide bonds. The summed E-state index contributed by atoms with van der Waals surface area (Å²) in [4.78, 5) is 108. The van der Waals surface area contributed by atoms with Crippen molar-refractivity contribution in [3.63, 3.8) is 0 Å². The first-order valence-electron chi connectivity index (χ1n) is 28.5. The lowest BCUT2D eigenvalue weighted by atomic mass is 10.2. The molecule has 6 aromatic heterocycles. The lowest BCUT2D eigenvalue weighted by molar-refractivity contribution is 0.0121. The van der Waals surface area contributed by atoms with Gasteiger partial charge in [0.1, 0.15) is 45.5 Å². The molecule has 6 aromatic rings. The van der Waals surface area contributed by atoms with Crippen LogP contribution in [0.15, 0.2) is 61.2 Å². The number of piperazine rings is 2. The summed E-state index contributed by atoms with van der Waals surface area (Å²) in [6.07, 6.45) is 16.2. The Balaban J connectivity index is 0.000000154. The minimum absolute atomic E-state index is 0.0283. The van der Waals surface area contributed by atoms with E-state index in [1.54, 1.807) is 66.8 Å². The highest BCUT2D eigenvalue weighted by Gasteiger charge is 2.50. The van der Waals surface area contributed by atoms with Gasteiger partial charge >= 0.3 is 12.2 Å². The van der Waals surface area contributed by atoms with Gasteiger partial charge in [-0.1, -0.05) is 25.7 Å². The van der Waals surface area contributed by atoms with E-state index in [-0.39, 0.29) is 71.3 Å². The van der Waals surface area contributed by atoms with Crippen molar-refractivity contribution < 1.29 is 38.2 Å². The van der Waals surface area contributed by atoms with Crippen LogP contribution in [0.3, 0.4) is 0 Å². The van der Waals surface area contributed by atoms with Crippen molar-refractivity contribution in [1.29, 1.82) is 0 Å². The summed E-state index contributed by atoms with van der Waals surface area (Å²) >= 11 is 5.88. The molecule has 4 saturated heterocycles. The molecule has 4 bridgehead atoms. The number of aromatic nitrogens is 8. The Labute approximate surface area is 486 Å². The predicted molar refractivity (Wildman–Crippen MR) is 310 cm³/mol. The van der Waals surface area contributed by atoms with E-state index < -0.39 is 11.2 Å². The highest BCUT2D eigenvalue weighted by atomic mass is 35.5. The van der Waals surface area contributed by atoms with Crippen LogP contribution in [-0.4, -0.2) is 170 Å². The average molecular weight is 1160 g/mol. The zero-order chi connectivity index (χ0) is 59.1. The van der Waals surface area contributed by atoms with Gasteiger partial charge in [-0.3, -0.25) is 19.2 Å². The Morgan fingerprint density at radius 3 is 1.40 bits per heavy atom. The maximum absolute atomic E-state index is 13.3. The number of anilines is 3. The van der Waals surface area contributed by atoms with Crippen molar-refractivity contribution >= 4 is 87.1 Å². The molecule has 0 unspecified atom stereocenters. The van der Waals surface area contributed by atoms with Gasteiger partial charge in [0.2, 0.25) is 11.2 Å². The summed E-state index contributed by atoms with van der Waals surface area (Å²) in [5.41, 5.74) is 8.19. The summed E-state index contributed by atoms with van der Waals surface area (Å²) in [6.45, 7) is 13.1. The summed E-state index contributed by atoms with van der Waals surface area (Å²) < 4.78 is 15.0. The fraction of sp³-hybridized carbons (Fsp3) is 0.517. The maximum atomic E-state index is 13.3. The molecule has 25 heteroatoms. The van der Waals surface area contributed by atoms with Crippen molar-refractivity contribution in [2.75, 3.05) is 51.3 Å². The van der Waals surface area contributed by atoms with Crippen molar-refractivity contribution in [2.24, 2.45) is 0 Å². The molecule has 440 valence electrons. The first-order valence-corrected chi connectivity index (χ1v) is 28.9. The number of nitrogens with one attached hydrogen (secondary N) is 3. The minimum atomic E-state index is -0.554. The zero-order valence-corrected chi connectivity index (χ0v) is 49.0. The first-order chi connectivity index (χ1) is 39.6. The minimum Gasteiger partial charge on any atom is -0.444 e. The van der Waals surface area contributed by atoms with Crippen molar-refractivity contribution in [3.05, 3.63) is 89.0 Å². The molecular formula is C58H73ClN16O8. The van der Waals surface area contributed by atoms with Crippen LogP contribution < -0.4 is 21.7 Å². The number of halogens is 1. The molecule has 2 aliphatic carbocycles. The molecule has 0 radical (unpaired) electrons. The number of hydrogen-bond acceptors (Lipinski definition) is 16. The fourth-order valence-electron chi connectivity index (χ4n) is 12.2. The van der Waals surface area contributed by atoms with Crippen LogP contribution in [0, 0.1) is 0 Å². The third-order valence-corrected chi connectivity index (χ3v) is 16.1. The number of nitrogen functional groups attached to an aromatic ring is 1. The number of ether oxygens (including phenoxy) is 2. The number of hydrogen-bond donors (Lipinski definition) is 4. The van der Waals surface area contributed by atoms with Gasteiger partial charge in [0.05, 0.1) is 35.3 Å². The van der Waals surface area contributed by atoms with Gasteiger partial charge in [0.25, 0.3) is 23.6 Å². The number of carbonyl (C=O) groups is 6. The standard InChI is InChI=1S/C29H36N8O4.C16H22N4O3.C13H15ClN4O/c1-29(2,3)41-28(40)36-16-20-12-21(36)15-35(20)26(39)17-9-10-23(31-13-17)33-27-32-14-18-11-22(25(38)30-4)37(24(18)34-27)19-7-5-6-8-19;1-16(2,3)23-15(22)20-9-11-6-12(20)8-19(11)14(21)10-4-5-13(17)18-7-10;1-15-12(19)10-6-8-7-16-13(14)17-11(8)18(10)9-4-2-3-5-9/h9-11,13-14,19-21H,5-8,12,15-16H2,1-4H3,(H,30,38)(H,31,32,33,34);4-5,7,11-12H,6,8-9H2,1-3H3,(H2,17,18);6-7,9H,2-5H2,1H3,(H,15,19)/t20-,21-;11-,12-;/m00./s1. The molecule has 6 fully saturated rings. The molecular weight excluding hydrogens is 1080 g/mol. The van der Waals surface area contributed by atoms with Crippen LogP contribution in [0.25, 0.3) is 22.1 Å². The first kappa shape index (κ1) is 58.1. The van der Waals surface area contributed by atoms with Crippen LogP contribution in [0.5, 0.6) is 0 Å². The average Bonchev–Trinajstić information content (AvgIpc) is 3.88. The number of nitrogens with two attached hydrogens (primary N) is 1. The molecule has 12 rings (SSSR count). The molecule has 2 saturated carbocycles. The van der Waals surface area contributed by atoms with E-state index in [1.807, 2.05) is 72.6 Å². The third kappa shape index (κ3) is 12.6. The third-order valence-electron chi connectivity index (χ3n) is 16.0. The lowest BCUT2D eigenvalue weighted by Crippen LogP contribution is -2.51. The zero-order valence-electron chi connectivity index (χ0n) is 48.2. The van der Waals surface area contributed by atoms with Crippen LogP contribution in [0.2, 0.25) is 5.28 Å². The van der Waals surface area contributed by atoms with E-state index in [9.17, 15) is 28.8 Å². The quantitative estimate of drug-likeness (QED) is 0.105. The van der Waals surface area contributed by atoms with Gasteiger partial charge in [-0.25, -0.2) is 29.5 Å². The van der Waals surface area contributed by atoms with Gasteiger partial charge < -0.3 is 59.9 Å². The van der Waals surface area contributed by atoms with E-state index >= 15 is 0 Å². The molecule has 10 heterocycles. The topological polar surface area (TPSA) is 283 Å². The normalized spacial score (nSPS) is 20.3. The fourth-order valence-corrected chi connectivity index (χ4v) is 12.3. The monoisotopic (exact) mass is 1160 g/mol. The number of carbonyl (C=O) groups excluding carboxylic acids is 6. The Morgan fingerprint density at radius 2 is 0.988 bits per heavy atom. The summed E-state index contributed by atoms with van der Waals surface area (Å²) in [5.74, 6) is 0.856. The van der Waals surface area contributed by atoms with Gasteiger partial charge in [0, 0.05) is 87.9 Å². The number of rotatable bonds is 8. The molecule has 4 atom stereocenters. The van der Waals surface area contributed by atoms with Crippen LogP contribution in [0.4, 0.5) is 27.2 Å². The maximum Gasteiger partial charge on any atom is 0.410 e. The van der Waals surface area contributed by atoms with E-state index in [0.717, 1.165) is 67.8 Å². The Hall–Kier alpha value is -8.15. The van der Waals surface area contributed by atoms with Crippen molar-refractivity contribution in [1.82, 2.24) is 69.3 Å². The lowest BCUT2D eigenvalue weighted by Gasteiger charge is -2.35. The Bertz CT molecular complexity index is 3420. The van der Waals surface area contributed by atoms with Crippen molar-refractivity contribution in [3.8, 4) is 0 Å². The number of amides is 6. The van der Waals surface area contributed by atoms with E-state index in [2.05, 4.69) is 40.9 Å². The highest BCUT2D eigenvalue weighted by molar-refractivity contribution is 6.28. The van der Waals surface area contributed by atoms with Gasteiger partial charge in [-0.05, 0) is 128 Å². The van der Waals surface area contributed by atoms with Crippen LogP contribution in [-0.2, 0) is 9.47 Å². The highest BCUT2D eigenvalue weighted by Crippen LogP contribution is 2.38. The second-order valence-corrected chi connectivity index (χ2v) is 24.4. The molecule has 0 aromatic carbocycles. The smallest absolute Gasteiger partial charge is 0.410 e. The molecule has 83 heavy (non-hydrogen) atoms. The summed E-state index contributed by atoms with van der Waals surface area (Å²) in [7, 11) is 3.27. The molecule has 6 aliphatic rings. The number of pyridine rings is 2. The SMILES string of the molecule is CC(C)(C)OC(=O)N1C[C@@H]2C[C@H]1CN2C(=O)c1ccc(N)nc1.CNC(=O)c1cc2cnc(Cl)nc2n1C1CCCC1.CNC(=O)c1cc2cnc(Nc3ccc(C(=O)N4C[C@@H]5C[C@H]4CN5C(=O)OC(C)(C)C)cn3)nc2n1C1CCCC1. The van der Waals surface area contributed by atoms with Gasteiger partial charge in [0.15, 0.2) is 0 Å². The van der Waals surface area contributed by atoms with E-state index in [0.29, 0.717) is 78.0 Å². The number of likely N-dealkylation sites (tertiary alicyclic amines) is 4. The van der Waals surface area contributed by atoms with Crippen LogP contribution >= 0.6 is 11.6 Å². The predicted octanol–water partition coefficient (Wildman–Crippen LogP) is 7.94. The second-order valence-electron chi connectivity index (χ2n) is 24.0. The molecule has 24 nitrogen and oxygen atoms in total. The molecule has 0 spiro atoms. The van der Waals surface area contributed by atoms with Crippen LogP contribution in [0.1, 0.15) is 160 Å². The largest absolute Gasteiger partial charge is 0.444 e. The second kappa shape index (κ2) is 23.6. The van der Waals surface area contributed by atoms with Gasteiger partial charge in [-0.2, -0.15) is 9.97 Å². The van der Waals surface area contributed by atoms with E-state index in [4.69, 9.17) is 31.8 Å². The molecule has 4 aliphatic heterocycles. The summed E-state index contributed by atoms with van der Waals surface area (Å²) in [5, 5.41) is 10.4.